The summed E-state index contributed by atoms with van der Waals surface area (Å²) in [5.41, 5.74) is 1.26. The summed E-state index contributed by atoms with van der Waals surface area (Å²) in [6.45, 7) is 4.15. The van der Waals surface area contributed by atoms with Crippen molar-refractivity contribution in [2.45, 2.75) is 19.8 Å². The summed E-state index contributed by atoms with van der Waals surface area (Å²) < 4.78 is 11.1. The van der Waals surface area contributed by atoms with Crippen LogP contribution in [0.4, 0.5) is 11.5 Å². The average Bonchev–Trinajstić information content (AvgIpc) is 2.78. The quantitative estimate of drug-likeness (QED) is 0.575. The summed E-state index contributed by atoms with van der Waals surface area (Å²) in [5.74, 6) is 2.51. The Balaban J connectivity index is 1.48. The molecule has 0 atom stereocenters. The fraction of sp³-hybridized carbons (Fsp3) is 0.333. The van der Waals surface area contributed by atoms with E-state index in [2.05, 4.69) is 29.3 Å². The number of methoxy groups -OCH3 is 1. The molecule has 3 aromatic rings. The number of piperidine rings is 1. The highest BCUT2D eigenvalue weighted by Crippen LogP contribution is 2.29. The number of nitrogens with one attached hydrogen (secondary N) is 1. The van der Waals surface area contributed by atoms with E-state index in [9.17, 15) is 4.79 Å². The molecule has 4 rings (SSSR count). The summed E-state index contributed by atoms with van der Waals surface area (Å²) in [5, 5.41) is 4.27. The van der Waals surface area contributed by atoms with Gasteiger partial charge in [0.2, 0.25) is 0 Å². The van der Waals surface area contributed by atoms with Crippen LogP contribution in [-0.2, 0) is 4.79 Å². The van der Waals surface area contributed by atoms with Crippen molar-refractivity contribution in [2.75, 3.05) is 37.0 Å². The van der Waals surface area contributed by atoms with Crippen molar-refractivity contribution in [2.24, 2.45) is 5.92 Å². The minimum atomic E-state index is -0.307. The number of carbonyl (C=O) groups is 1. The molecule has 0 bridgehead atoms. The number of ether oxygens (including phenoxy) is 2. The molecule has 1 fully saturated rings. The Morgan fingerprint density at radius 2 is 1.97 bits per heavy atom. The lowest BCUT2D eigenvalue weighted by atomic mass is 9.99. The zero-order valence-electron chi connectivity index (χ0n) is 17.7. The van der Waals surface area contributed by atoms with E-state index in [0.717, 1.165) is 35.7 Å². The first-order valence-electron chi connectivity index (χ1n) is 10.4. The first-order chi connectivity index (χ1) is 15.0. The van der Waals surface area contributed by atoms with Gasteiger partial charge < -0.3 is 19.7 Å². The first kappa shape index (κ1) is 21.2. The monoisotopic (exact) mass is 439 g/mol. The number of carbonyl (C=O) groups excluding carboxylic acids is 1. The van der Waals surface area contributed by atoms with Crippen LogP contribution in [0.5, 0.6) is 11.5 Å². The molecule has 1 saturated heterocycles. The number of para-hydroxylation sites is 1. The van der Waals surface area contributed by atoms with Crippen molar-refractivity contribution in [3.05, 3.63) is 53.6 Å². The number of nitrogens with zero attached hydrogens (tertiary/aromatic N) is 2. The lowest BCUT2D eigenvalue weighted by Gasteiger charge is -2.31. The van der Waals surface area contributed by atoms with Crippen LogP contribution in [0.15, 0.2) is 48.5 Å². The smallest absolute Gasteiger partial charge is 0.262 e. The number of amides is 1. The zero-order valence-corrected chi connectivity index (χ0v) is 18.5. The number of hydrogen-bond donors (Lipinski definition) is 1. The van der Waals surface area contributed by atoms with Crippen molar-refractivity contribution in [1.82, 2.24) is 4.98 Å². The van der Waals surface area contributed by atoms with Gasteiger partial charge in [-0.3, -0.25) is 4.79 Å². The molecule has 1 aromatic heterocycles. The highest BCUT2D eigenvalue weighted by molar-refractivity contribution is 6.31. The Hall–Kier alpha value is -2.99. The Labute approximate surface area is 187 Å². The molecule has 31 heavy (non-hydrogen) atoms. The van der Waals surface area contributed by atoms with Gasteiger partial charge in [-0.2, -0.15) is 0 Å². The number of aromatic nitrogens is 1. The lowest BCUT2D eigenvalue weighted by molar-refractivity contribution is -0.118. The van der Waals surface area contributed by atoms with Crippen LogP contribution in [0.25, 0.3) is 10.9 Å². The topological polar surface area (TPSA) is 63.7 Å². The summed E-state index contributed by atoms with van der Waals surface area (Å²) in [7, 11) is 1.54. The van der Waals surface area contributed by atoms with E-state index in [1.807, 2.05) is 18.2 Å². The van der Waals surface area contributed by atoms with Crippen molar-refractivity contribution >= 4 is 39.9 Å². The van der Waals surface area contributed by atoms with Gasteiger partial charge in [0.05, 0.1) is 12.8 Å². The molecule has 6 nitrogen and oxygen atoms in total. The molecule has 7 heteroatoms. The molecular formula is C24H26ClN3O3. The maximum Gasteiger partial charge on any atom is 0.262 e. The van der Waals surface area contributed by atoms with E-state index in [-0.39, 0.29) is 12.5 Å². The van der Waals surface area contributed by atoms with E-state index in [1.54, 1.807) is 18.2 Å². The first-order valence-corrected chi connectivity index (χ1v) is 10.8. The second-order valence-electron chi connectivity index (χ2n) is 7.85. The molecule has 0 radical (unpaired) electrons. The predicted octanol–water partition coefficient (Wildman–Crippen LogP) is 5.15. The molecule has 0 spiro atoms. The van der Waals surface area contributed by atoms with Gasteiger partial charge in [0.25, 0.3) is 5.91 Å². The third-order valence-electron chi connectivity index (χ3n) is 5.57. The van der Waals surface area contributed by atoms with Gasteiger partial charge in [-0.05, 0) is 55.2 Å². The molecule has 0 unspecified atom stereocenters. The number of fused-ring (bicyclic) bond motifs is 1. The van der Waals surface area contributed by atoms with E-state index in [4.69, 9.17) is 26.1 Å². The predicted molar refractivity (Wildman–Crippen MR) is 124 cm³/mol. The molecule has 2 aromatic carbocycles. The minimum Gasteiger partial charge on any atom is -0.495 e. The number of benzene rings is 2. The molecule has 1 N–H and O–H groups in total. The normalized spacial score (nSPS) is 14.5. The average molecular weight is 440 g/mol. The third-order valence-corrected chi connectivity index (χ3v) is 5.81. The van der Waals surface area contributed by atoms with Crippen LogP contribution in [-0.4, -0.2) is 37.7 Å². The number of anilines is 2. The number of rotatable bonds is 6. The van der Waals surface area contributed by atoms with Gasteiger partial charge in [-0.1, -0.05) is 30.7 Å². The van der Waals surface area contributed by atoms with Crippen molar-refractivity contribution in [3.63, 3.8) is 0 Å². The van der Waals surface area contributed by atoms with Gasteiger partial charge in [-0.25, -0.2) is 4.98 Å². The van der Waals surface area contributed by atoms with Crippen molar-refractivity contribution in [1.29, 1.82) is 0 Å². The summed E-state index contributed by atoms with van der Waals surface area (Å²) in [6, 6.07) is 14.9. The lowest BCUT2D eigenvalue weighted by Crippen LogP contribution is -2.33. The minimum absolute atomic E-state index is 0.151. The standard InChI is InChI=1S/C24H26ClN3O3/c1-16-10-12-28(13-11-16)22-9-6-17-4-3-5-21(24(17)27-22)31-15-23(29)26-19-14-18(25)7-8-20(19)30-2/h3-9,14,16H,10-13,15H2,1-2H3,(H,26,29). The van der Waals surface area contributed by atoms with Gasteiger partial charge in [0.15, 0.2) is 6.61 Å². The maximum absolute atomic E-state index is 12.5. The van der Waals surface area contributed by atoms with Gasteiger partial charge >= 0.3 is 0 Å². The van der Waals surface area contributed by atoms with Crippen LogP contribution in [0.1, 0.15) is 19.8 Å². The summed E-state index contributed by atoms with van der Waals surface area (Å²) in [4.78, 5) is 19.7. The van der Waals surface area contributed by atoms with Crippen LogP contribution < -0.4 is 19.7 Å². The fourth-order valence-electron chi connectivity index (χ4n) is 3.75. The summed E-state index contributed by atoms with van der Waals surface area (Å²) >= 11 is 6.03. The van der Waals surface area contributed by atoms with Gasteiger partial charge in [-0.15, -0.1) is 0 Å². The Kier molecular flexibility index (Phi) is 6.47. The van der Waals surface area contributed by atoms with Crippen molar-refractivity contribution < 1.29 is 14.3 Å². The molecular weight excluding hydrogens is 414 g/mol. The van der Waals surface area contributed by atoms with Crippen LogP contribution in [0.3, 0.4) is 0 Å². The van der Waals surface area contributed by atoms with E-state index in [1.165, 1.54) is 20.0 Å². The fourth-order valence-corrected chi connectivity index (χ4v) is 3.92. The van der Waals surface area contributed by atoms with Crippen LogP contribution >= 0.6 is 11.6 Å². The SMILES string of the molecule is COc1ccc(Cl)cc1NC(=O)COc1cccc2ccc(N3CCC(C)CC3)nc12. The highest BCUT2D eigenvalue weighted by Gasteiger charge is 2.18. The molecule has 1 amide bonds. The molecule has 1 aliphatic heterocycles. The second kappa shape index (κ2) is 9.43. The Morgan fingerprint density at radius 3 is 2.74 bits per heavy atom. The van der Waals surface area contributed by atoms with E-state index < -0.39 is 0 Å². The van der Waals surface area contributed by atoms with E-state index >= 15 is 0 Å². The molecule has 1 aliphatic rings. The van der Waals surface area contributed by atoms with E-state index in [0.29, 0.717) is 22.2 Å². The number of halogens is 1. The number of hydrogen-bond acceptors (Lipinski definition) is 5. The molecule has 0 saturated carbocycles. The van der Waals surface area contributed by atoms with Crippen LogP contribution in [0.2, 0.25) is 5.02 Å². The maximum atomic E-state index is 12.5. The number of pyridine rings is 1. The molecule has 162 valence electrons. The molecule has 2 heterocycles. The zero-order chi connectivity index (χ0) is 21.8. The second-order valence-corrected chi connectivity index (χ2v) is 8.28. The third kappa shape index (κ3) is 5.02. The Morgan fingerprint density at radius 1 is 1.16 bits per heavy atom. The van der Waals surface area contributed by atoms with Gasteiger partial charge in [0.1, 0.15) is 22.8 Å². The van der Waals surface area contributed by atoms with Crippen molar-refractivity contribution in [3.8, 4) is 11.5 Å². The van der Waals surface area contributed by atoms with Gasteiger partial charge in [0, 0.05) is 23.5 Å². The summed E-state index contributed by atoms with van der Waals surface area (Å²) in [6.07, 6.45) is 2.34. The highest BCUT2D eigenvalue weighted by atomic mass is 35.5. The van der Waals surface area contributed by atoms with Crippen LogP contribution in [0, 0.1) is 5.92 Å². The largest absolute Gasteiger partial charge is 0.495 e. The molecule has 0 aliphatic carbocycles. The Bertz CT molecular complexity index is 1080.